The summed E-state index contributed by atoms with van der Waals surface area (Å²) in [5.74, 6) is 0.0450. The Hall–Kier alpha value is -2.37. The Morgan fingerprint density at radius 1 is 0.929 bits per heavy atom. The van der Waals surface area contributed by atoms with E-state index in [0.717, 1.165) is 70.0 Å². The van der Waals surface area contributed by atoms with Gasteiger partial charge in [0, 0.05) is 44.5 Å². The summed E-state index contributed by atoms with van der Waals surface area (Å²) in [5.41, 5.74) is 3.14. The molecule has 0 aromatic heterocycles. The van der Waals surface area contributed by atoms with Crippen LogP contribution in [0.25, 0.3) is 0 Å². The number of piperidine rings is 1. The highest BCUT2D eigenvalue weighted by Gasteiger charge is 2.23. The zero-order valence-electron chi connectivity index (χ0n) is 16.3. The summed E-state index contributed by atoms with van der Waals surface area (Å²) < 4.78 is 5.45. The molecule has 0 aliphatic carbocycles. The molecule has 0 bridgehead atoms. The Labute approximate surface area is 167 Å². The normalized spacial score (nSPS) is 18.8. The number of nitrogens with one attached hydrogen (secondary N) is 1. The Morgan fingerprint density at radius 2 is 1.61 bits per heavy atom. The van der Waals surface area contributed by atoms with Gasteiger partial charge in [0.15, 0.2) is 0 Å². The van der Waals surface area contributed by atoms with Crippen LogP contribution in [0.3, 0.4) is 0 Å². The maximum Gasteiger partial charge on any atom is 0.253 e. The Balaban J connectivity index is 1.32. The SMILES string of the molecule is O=C(NC1CCN(Cc2ccccc2)CC1)c1ccccc1N1CCOCC1. The minimum Gasteiger partial charge on any atom is -0.378 e. The topological polar surface area (TPSA) is 44.8 Å². The van der Waals surface area contributed by atoms with Crippen LogP contribution in [0, 0.1) is 0 Å². The molecule has 0 unspecified atom stereocenters. The van der Waals surface area contributed by atoms with Gasteiger partial charge in [-0.15, -0.1) is 0 Å². The van der Waals surface area contributed by atoms with Crippen LogP contribution in [0.2, 0.25) is 0 Å². The number of nitrogens with zero attached hydrogens (tertiary/aromatic N) is 2. The molecule has 2 aliphatic rings. The molecule has 1 amide bonds. The molecule has 1 N–H and O–H groups in total. The summed E-state index contributed by atoms with van der Waals surface area (Å²) in [5, 5.41) is 3.28. The lowest BCUT2D eigenvalue weighted by Gasteiger charge is -2.33. The number of likely N-dealkylation sites (tertiary alicyclic amines) is 1. The van der Waals surface area contributed by atoms with Crippen molar-refractivity contribution in [1.29, 1.82) is 0 Å². The fraction of sp³-hybridized carbons (Fsp3) is 0.435. The van der Waals surface area contributed by atoms with Crippen LogP contribution < -0.4 is 10.2 Å². The summed E-state index contributed by atoms with van der Waals surface area (Å²) in [6.45, 7) is 6.13. The van der Waals surface area contributed by atoms with E-state index in [9.17, 15) is 4.79 Å². The lowest BCUT2D eigenvalue weighted by Crippen LogP contribution is -2.45. The number of benzene rings is 2. The fourth-order valence-electron chi connectivity index (χ4n) is 4.09. The van der Waals surface area contributed by atoms with Crippen molar-refractivity contribution < 1.29 is 9.53 Å². The third kappa shape index (κ3) is 4.72. The van der Waals surface area contributed by atoms with E-state index >= 15 is 0 Å². The number of para-hydroxylation sites is 1. The second-order valence-corrected chi connectivity index (χ2v) is 7.63. The fourth-order valence-corrected chi connectivity index (χ4v) is 4.09. The van der Waals surface area contributed by atoms with Crippen LogP contribution in [-0.4, -0.2) is 56.2 Å². The minimum absolute atomic E-state index is 0.0450. The van der Waals surface area contributed by atoms with Crippen molar-refractivity contribution in [2.24, 2.45) is 0 Å². The number of amides is 1. The highest BCUT2D eigenvalue weighted by molar-refractivity contribution is 6.00. The molecule has 0 spiro atoms. The van der Waals surface area contributed by atoms with E-state index < -0.39 is 0 Å². The van der Waals surface area contributed by atoms with Gasteiger partial charge in [0.1, 0.15) is 0 Å². The molecule has 2 heterocycles. The summed E-state index contributed by atoms with van der Waals surface area (Å²) in [6, 6.07) is 18.8. The van der Waals surface area contributed by atoms with Crippen LogP contribution >= 0.6 is 0 Å². The van der Waals surface area contributed by atoms with E-state index in [4.69, 9.17) is 4.74 Å². The molecule has 28 heavy (non-hydrogen) atoms. The van der Waals surface area contributed by atoms with Gasteiger partial charge in [-0.2, -0.15) is 0 Å². The second kappa shape index (κ2) is 9.22. The molecule has 2 aliphatic heterocycles. The van der Waals surface area contributed by atoms with Crippen LogP contribution in [-0.2, 0) is 11.3 Å². The monoisotopic (exact) mass is 379 g/mol. The number of ether oxygens (including phenoxy) is 1. The molecular formula is C23H29N3O2. The quantitative estimate of drug-likeness (QED) is 0.868. The van der Waals surface area contributed by atoms with Crippen molar-refractivity contribution in [3.63, 3.8) is 0 Å². The Bertz CT molecular complexity index is 766. The molecule has 148 valence electrons. The van der Waals surface area contributed by atoms with Gasteiger partial charge in [0.2, 0.25) is 0 Å². The second-order valence-electron chi connectivity index (χ2n) is 7.63. The summed E-state index contributed by atoms with van der Waals surface area (Å²) in [7, 11) is 0. The maximum absolute atomic E-state index is 13.0. The summed E-state index contributed by atoms with van der Waals surface area (Å²) in [4.78, 5) is 17.7. The lowest BCUT2D eigenvalue weighted by molar-refractivity contribution is 0.0907. The molecule has 0 atom stereocenters. The number of rotatable bonds is 5. The maximum atomic E-state index is 13.0. The van der Waals surface area contributed by atoms with Crippen molar-refractivity contribution in [1.82, 2.24) is 10.2 Å². The molecule has 5 heteroatoms. The van der Waals surface area contributed by atoms with Gasteiger partial charge in [0.25, 0.3) is 5.91 Å². The van der Waals surface area contributed by atoms with E-state index in [1.54, 1.807) is 0 Å². The van der Waals surface area contributed by atoms with Gasteiger partial charge < -0.3 is 15.0 Å². The molecule has 0 radical (unpaired) electrons. The molecule has 2 aromatic carbocycles. The number of carbonyl (C=O) groups excluding carboxylic acids is 1. The van der Waals surface area contributed by atoms with Crippen molar-refractivity contribution in [3.8, 4) is 0 Å². The average Bonchev–Trinajstić information content (AvgIpc) is 2.76. The summed E-state index contributed by atoms with van der Waals surface area (Å²) in [6.07, 6.45) is 2.00. The largest absolute Gasteiger partial charge is 0.378 e. The Morgan fingerprint density at radius 3 is 2.36 bits per heavy atom. The first-order chi connectivity index (χ1) is 13.8. The lowest BCUT2D eigenvalue weighted by atomic mass is 10.0. The van der Waals surface area contributed by atoms with E-state index in [0.29, 0.717) is 0 Å². The number of hydrogen-bond acceptors (Lipinski definition) is 4. The van der Waals surface area contributed by atoms with Crippen LogP contribution in [0.4, 0.5) is 5.69 Å². The standard InChI is InChI=1S/C23H29N3O2/c27-23(21-8-4-5-9-22(21)26-14-16-28-17-15-26)24-20-10-12-25(13-11-20)18-19-6-2-1-3-7-19/h1-9,20H,10-18H2,(H,24,27). The predicted octanol–water partition coefficient (Wildman–Crippen LogP) is 2.92. The number of morpholine rings is 1. The number of hydrogen-bond donors (Lipinski definition) is 1. The van der Waals surface area contributed by atoms with Crippen LogP contribution in [0.15, 0.2) is 54.6 Å². The molecule has 5 nitrogen and oxygen atoms in total. The molecule has 0 saturated carbocycles. The highest BCUT2D eigenvalue weighted by atomic mass is 16.5. The third-order valence-corrected chi connectivity index (χ3v) is 5.67. The molecule has 2 fully saturated rings. The first-order valence-electron chi connectivity index (χ1n) is 10.3. The van der Waals surface area contributed by atoms with Crippen LogP contribution in [0.5, 0.6) is 0 Å². The van der Waals surface area contributed by atoms with Crippen molar-refractivity contribution in [2.75, 3.05) is 44.3 Å². The third-order valence-electron chi connectivity index (χ3n) is 5.67. The molecule has 2 saturated heterocycles. The van der Waals surface area contributed by atoms with Gasteiger partial charge in [-0.1, -0.05) is 42.5 Å². The number of carbonyl (C=O) groups is 1. The van der Waals surface area contributed by atoms with Crippen molar-refractivity contribution >= 4 is 11.6 Å². The highest BCUT2D eigenvalue weighted by Crippen LogP contribution is 2.22. The van der Waals surface area contributed by atoms with Gasteiger partial charge in [0.05, 0.1) is 18.8 Å². The smallest absolute Gasteiger partial charge is 0.253 e. The first kappa shape index (κ1) is 19.0. The van der Waals surface area contributed by atoms with Crippen LogP contribution in [0.1, 0.15) is 28.8 Å². The average molecular weight is 380 g/mol. The van der Waals surface area contributed by atoms with Crippen molar-refractivity contribution in [3.05, 3.63) is 65.7 Å². The van der Waals surface area contributed by atoms with Gasteiger partial charge in [-0.25, -0.2) is 0 Å². The van der Waals surface area contributed by atoms with Crippen molar-refractivity contribution in [2.45, 2.75) is 25.4 Å². The minimum atomic E-state index is 0.0450. The Kier molecular flexibility index (Phi) is 6.24. The zero-order valence-corrected chi connectivity index (χ0v) is 16.3. The summed E-state index contributed by atoms with van der Waals surface area (Å²) >= 11 is 0. The van der Waals surface area contributed by atoms with E-state index in [1.165, 1.54) is 5.56 Å². The molecular weight excluding hydrogens is 350 g/mol. The van der Waals surface area contributed by atoms with Gasteiger partial charge in [-0.05, 0) is 30.5 Å². The zero-order chi connectivity index (χ0) is 19.2. The van der Waals surface area contributed by atoms with E-state index in [-0.39, 0.29) is 11.9 Å². The van der Waals surface area contributed by atoms with Gasteiger partial charge in [-0.3, -0.25) is 9.69 Å². The first-order valence-corrected chi connectivity index (χ1v) is 10.3. The molecule has 2 aromatic rings. The predicted molar refractivity (Wildman–Crippen MR) is 112 cm³/mol. The number of anilines is 1. The molecule has 4 rings (SSSR count). The van der Waals surface area contributed by atoms with E-state index in [1.807, 2.05) is 24.3 Å². The van der Waals surface area contributed by atoms with Gasteiger partial charge >= 0.3 is 0 Å². The van der Waals surface area contributed by atoms with E-state index in [2.05, 4.69) is 45.4 Å².